The molecule has 0 aliphatic carbocycles. The molecular weight excluding hydrogens is 563 g/mol. The van der Waals surface area contributed by atoms with Crippen LogP contribution in [0.2, 0.25) is 0 Å². The van der Waals surface area contributed by atoms with Crippen molar-refractivity contribution < 1.29 is 28.2 Å². The Hall–Kier alpha value is -3.63. The Kier molecular flexibility index (Phi) is 8.30. The highest BCUT2D eigenvalue weighted by molar-refractivity contribution is 9.10. The molecule has 190 valence electrons. The number of esters is 1. The minimum Gasteiger partial charge on any atom is -0.493 e. The first-order valence-corrected chi connectivity index (χ1v) is 12.6. The molecule has 0 N–H and O–H groups in total. The standard InChI is InChI=1S/C27H22BrFN2O5S/c1-31-25(32)24(37-27(31)30-20-10-6-17(7-11-20)26(33)35-3)13-18-12-22(34-2)23(14-21(18)28)36-15-16-4-8-19(29)9-5-16/h4-14H,15H2,1-3H3/b24-13-,30-27?. The van der Waals surface area contributed by atoms with Gasteiger partial charge >= 0.3 is 5.97 Å². The molecule has 0 atom stereocenters. The van der Waals surface area contributed by atoms with Crippen molar-refractivity contribution in [3.8, 4) is 11.5 Å². The van der Waals surface area contributed by atoms with Crippen molar-refractivity contribution in [2.24, 2.45) is 4.99 Å². The number of aliphatic imine (C=N–C) groups is 1. The Morgan fingerprint density at radius 3 is 2.43 bits per heavy atom. The predicted octanol–water partition coefficient (Wildman–Crippen LogP) is 6.20. The maximum Gasteiger partial charge on any atom is 0.337 e. The third-order valence-corrected chi connectivity index (χ3v) is 7.14. The number of carbonyl (C=O) groups is 2. The number of benzene rings is 3. The van der Waals surface area contributed by atoms with Gasteiger partial charge in [0.1, 0.15) is 12.4 Å². The van der Waals surface area contributed by atoms with Gasteiger partial charge in [-0.2, -0.15) is 0 Å². The van der Waals surface area contributed by atoms with Crippen LogP contribution in [0.3, 0.4) is 0 Å². The van der Waals surface area contributed by atoms with Crippen LogP contribution in [0.25, 0.3) is 6.08 Å². The zero-order chi connectivity index (χ0) is 26.5. The number of thioether (sulfide) groups is 1. The number of hydrogen-bond donors (Lipinski definition) is 0. The van der Waals surface area contributed by atoms with Crippen molar-refractivity contribution in [1.29, 1.82) is 0 Å². The van der Waals surface area contributed by atoms with Gasteiger partial charge in [0.05, 0.1) is 30.4 Å². The molecule has 0 aromatic heterocycles. The first kappa shape index (κ1) is 26.4. The highest BCUT2D eigenvalue weighted by Crippen LogP contribution is 2.38. The van der Waals surface area contributed by atoms with Gasteiger partial charge in [-0.05, 0) is 77.5 Å². The maximum atomic E-state index is 13.1. The zero-order valence-electron chi connectivity index (χ0n) is 20.2. The molecule has 3 aromatic rings. The molecule has 1 aliphatic heterocycles. The Morgan fingerprint density at radius 1 is 1.08 bits per heavy atom. The van der Waals surface area contributed by atoms with Crippen LogP contribution in [0, 0.1) is 5.82 Å². The van der Waals surface area contributed by atoms with E-state index < -0.39 is 5.97 Å². The van der Waals surface area contributed by atoms with Gasteiger partial charge in [-0.15, -0.1) is 0 Å². The molecule has 0 saturated carbocycles. The number of carbonyl (C=O) groups excluding carboxylic acids is 2. The van der Waals surface area contributed by atoms with Gasteiger partial charge in [0.2, 0.25) is 0 Å². The second-order valence-electron chi connectivity index (χ2n) is 7.85. The van der Waals surface area contributed by atoms with E-state index in [2.05, 4.69) is 20.9 Å². The average molecular weight is 585 g/mol. The summed E-state index contributed by atoms with van der Waals surface area (Å²) in [6, 6.07) is 16.2. The number of likely N-dealkylation sites (N-methyl/N-ethyl adjacent to an activating group) is 1. The van der Waals surface area contributed by atoms with E-state index >= 15 is 0 Å². The molecule has 1 amide bonds. The number of amidine groups is 1. The van der Waals surface area contributed by atoms with Gasteiger partial charge in [0.25, 0.3) is 5.91 Å². The van der Waals surface area contributed by atoms with Crippen LogP contribution in [0.5, 0.6) is 11.5 Å². The van der Waals surface area contributed by atoms with Crippen molar-refractivity contribution in [1.82, 2.24) is 4.90 Å². The minimum absolute atomic E-state index is 0.197. The molecule has 4 rings (SSSR count). The molecule has 1 fully saturated rings. The highest BCUT2D eigenvalue weighted by atomic mass is 79.9. The summed E-state index contributed by atoms with van der Waals surface area (Å²) in [6.45, 7) is 0.239. The second kappa shape index (κ2) is 11.6. The molecule has 3 aromatic carbocycles. The van der Waals surface area contributed by atoms with Gasteiger partial charge in [0.15, 0.2) is 16.7 Å². The van der Waals surface area contributed by atoms with Gasteiger partial charge in [-0.25, -0.2) is 14.2 Å². The summed E-state index contributed by atoms with van der Waals surface area (Å²) in [5.74, 6) is 0.0509. The van der Waals surface area contributed by atoms with E-state index in [1.54, 1.807) is 61.7 Å². The number of nitrogens with zero attached hydrogens (tertiary/aromatic N) is 2. The van der Waals surface area contributed by atoms with Crippen molar-refractivity contribution in [3.63, 3.8) is 0 Å². The fourth-order valence-corrected chi connectivity index (χ4v) is 4.78. The predicted molar refractivity (Wildman–Crippen MR) is 145 cm³/mol. The normalized spacial score (nSPS) is 15.4. The second-order valence-corrected chi connectivity index (χ2v) is 9.71. The molecule has 0 unspecified atom stereocenters. The molecule has 7 nitrogen and oxygen atoms in total. The molecule has 1 saturated heterocycles. The molecule has 10 heteroatoms. The average Bonchev–Trinajstić information content (AvgIpc) is 3.17. The molecular formula is C27H22BrFN2O5S. The maximum absolute atomic E-state index is 13.1. The smallest absolute Gasteiger partial charge is 0.337 e. The Bertz CT molecular complexity index is 1390. The van der Waals surface area contributed by atoms with Gasteiger partial charge < -0.3 is 14.2 Å². The van der Waals surface area contributed by atoms with E-state index in [1.165, 1.54) is 43.0 Å². The molecule has 0 bridgehead atoms. The summed E-state index contributed by atoms with van der Waals surface area (Å²) in [5.41, 5.74) is 2.55. The van der Waals surface area contributed by atoms with Crippen molar-refractivity contribution in [3.05, 3.63) is 92.5 Å². The van der Waals surface area contributed by atoms with Crippen LogP contribution in [0.15, 0.2) is 75.0 Å². The SMILES string of the molecule is COC(=O)c1ccc(N=C2S/C(=C\c3cc(OC)c(OCc4ccc(F)cc4)cc3Br)C(=O)N2C)cc1. The van der Waals surface area contributed by atoms with Crippen LogP contribution >= 0.6 is 27.7 Å². The molecule has 0 radical (unpaired) electrons. The van der Waals surface area contributed by atoms with Crippen LogP contribution in [-0.4, -0.2) is 43.2 Å². The van der Waals surface area contributed by atoms with Crippen LogP contribution in [0.4, 0.5) is 10.1 Å². The lowest BCUT2D eigenvalue weighted by atomic mass is 10.1. The van der Waals surface area contributed by atoms with Crippen LogP contribution in [-0.2, 0) is 16.1 Å². The van der Waals surface area contributed by atoms with E-state index in [4.69, 9.17) is 14.2 Å². The van der Waals surface area contributed by atoms with E-state index in [9.17, 15) is 14.0 Å². The van der Waals surface area contributed by atoms with Crippen LogP contribution in [0.1, 0.15) is 21.5 Å². The summed E-state index contributed by atoms with van der Waals surface area (Å²) in [6.07, 6.45) is 1.75. The number of rotatable bonds is 7. The van der Waals surface area contributed by atoms with Gasteiger partial charge in [0, 0.05) is 11.5 Å². The van der Waals surface area contributed by atoms with E-state index in [0.29, 0.717) is 37.3 Å². The summed E-state index contributed by atoms with van der Waals surface area (Å²) >= 11 is 4.79. The van der Waals surface area contributed by atoms with Crippen molar-refractivity contribution >= 4 is 56.5 Å². The lowest BCUT2D eigenvalue weighted by Crippen LogP contribution is -2.23. The van der Waals surface area contributed by atoms with Gasteiger partial charge in [-0.3, -0.25) is 9.69 Å². The number of ether oxygens (including phenoxy) is 3. The molecule has 1 aliphatic rings. The van der Waals surface area contributed by atoms with Gasteiger partial charge in [-0.1, -0.05) is 28.1 Å². The Morgan fingerprint density at radius 2 is 1.78 bits per heavy atom. The lowest BCUT2D eigenvalue weighted by molar-refractivity contribution is -0.121. The third-order valence-electron chi connectivity index (χ3n) is 5.39. The first-order chi connectivity index (χ1) is 17.8. The highest BCUT2D eigenvalue weighted by Gasteiger charge is 2.30. The van der Waals surface area contributed by atoms with Crippen LogP contribution < -0.4 is 9.47 Å². The number of hydrogen-bond acceptors (Lipinski definition) is 7. The summed E-state index contributed by atoms with van der Waals surface area (Å²) in [7, 11) is 4.51. The monoisotopic (exact) mass is 584 g/mol. The van der Waals surface area contributed by atoms with Crippen molar-refractivity contribution in [2.45, 2.75) is 6.61 Å². The Labute approximate surface area is 226 Å². The molecule has 0 spiro atoms. The molecule has 1 heterocycles. The largest absolute Gasteiger partial charge is 0.493 e. The summed E-state index contributed by atoms with van der Waals surface area (Å²) in [5, 5.41) is 0.504. The minimum atomic E-state index is -0.431. The fourth-order valence-electron chi connectivity index (χ4n) is 3.37. The number of amides is 1. The number of methoxy groups -OCH3 is 2. The topological polar surface area (TPSA) is 77.4 Å². The van der Waals surface area contributed by atoms with E-state index in [0.717, 1.165) is 11.1 Å². The summed E-state index contributed by atoms with van der Waals surface area (Å²) in [4.78, 5) is 31.0. The van der Waals surface area contributed by atoms with E-state index in [1.807, 2.05) is 0 Å². The van der Waals surface area contributed by atoms with E-state index in [-0.39, 0.29) is 18.3 Å². The quantitative estimate of drug-likeness (QED) is 0.243. The summed E-state index contributed by atoms with van der Waals surface area (Å²) < 4.78 is 29.9. The first-order valence-electron chi connectivity index (χ1n) is 11.0. The molecule has 37 heavy (non-hydrogen) atoms. The zero-order valence-corrected chi connectivity index (χ0v) is 22.6. The Balaban J connectivity index is 1.54. The number of halogens is 2. The third kappa shape index (κ3) is 6.20. The lowest BCUT2D eigenvalue weighted by Gasteiger charge is -2.13. The fraction of sp³-hybridized carbons (Fsp3) is 0.148. The van der Waals surface area contributed by atoms with Crippen molar-refractivity contribution in [2.75, 3.05) is 21.3 Å².